The first kappa shape index (κ1) is 17.2. The van der Waals surface area contributed by atoms with Gasteiger partial charge in [0.2, 0.25) is 0 Å². The van der Waals surface area contributed by atoms with Crippen molar-refractivity contribution >= 4 is 21.6 Å². The highest BCUT2D eigenvalue weighted by atomic mass is 79.9. The second kappa shape index (κ2) is 8.42. The minimum Gasteiger partial charge on any atom is -0.383 e. The van der Waals surface area contributed by atoms with Crippen molar-refractivity contribution in [3.63, 3.8) is 0 Å². The normalized spacial score (nSPS) is 14.1. The van der Waals surface area contributed by atoms with Gasteiger partial charge in [0.15, 0.2) is 0 Å². The van der Waals surface area contributed by atoms with E-state index >= 15 is 0 Å². The SMILES string of the molecule is CCC(C)CC(C)Nc1cnn(CCOC)c(=O)c1Br. The largest absolute Gasteiger partial charge is 0.383 e. The second-order valence-corrected chi connectivity index (χ2v) is 5.98. The number of aromatic nitrogens is 2. The molecule has 1 heterocycles. The molecule has 0 aliphatic carbocycles. The molecule has 20 heavy (non-hydrogen) atoms. The van der Waals surface area contributed by atoms with E-state index in [-0.39, 0.29) is 5.56 Å². The Morgan fingerprint density at radius 2 is 2.20 bits per heavy atom. The van der Waals surface area contributed by atoms with Crippen molar-refractivity contribution in [3.05, 3.63) is 21.0 Å². The van der Waals surface area contributed by atoms with Gasteiger partial charge in [-0.1, -0.05) is 20.3 Å². The van der Waals surface area contributed by atoms with Gasteiger partial charge in [-0.2, -0.15) is 5.10 Å². The molecule has 2 atom stereocenters. The van der Waals surface area contributed by atoms with Crippen molar-refractivity contribution in [2.45, 2.75) is 46.2 Å². The van der Waals surface area contributed by atoms with E-state index < -0.39 is 0 Å². The number of hydrogen-bond donors (Lipinski definition) is 1. The third-order valence-electron chi connectivity index (χ3n) is 3.35. The fourth-order valence-electron chi connectivity index (χ4n) is 2.00. The van der Waals surface area contributed by atoms with E-state index in [2.05, 4.69) is 47.1 Å². The van der Waals surface area contributed by atoms with Crippen LogP contribution in [-0.2, 0) is 11.3 Å². The van der Waals surface area contributed by atoms with Crippen molar-refractivity contribution in [2.75, 3.05) is 19.0 Å². The lowest BCUT2D eigenvalue weighted by atomic mass is 10.0. The average Bonchev–Trinajstić information content (AvgIpc) is 2.43. The molecule has 6 heteroatoms. The molecule has 0 radical (unpaired) electrons. The topological polar surface area (TPSA) is 56.1 Å². The lowest BCUT2D eigenvalue weighted by Gasteiger charge is -2.19. The molecular weight excluding hydrogens is 322 g/mol. The summed E-state index contributed by atoms with van der Waals surface area (Å²) in [7, 11) is 1.60. The van der Waals surface area contributed by atoms with Crippen molar-refractivity contribution in [1.82, 2.24) is 9.78 Å². The summed E-state index contributed by atoms with van der Waals surface area (Å²) in [6.07, 6.45) is 3.91. The van der Waals surface area contributed by atoms with Gasteiger partial charge < -0.3 is 10.1 Å². The van der Waals surface area contributed by atoms with Crippen LogP contribution in [0.5, 0.6) is 0 Å². The van der Waals surface area contributed by atoms with Gasteiger partial charge in [0.25, 0.3) is 5.56 Å². The highest BCUT2D eigenvalue weighted by Crippen LogP contribution is 2.19. The molecule has 0 fully saturated rings. The summed E-state index contributed by atoms with van der Waals surface area (Å²) in [5.41, 5.74) is 0.613. The van der Waals surface area contributed by atoms with Crippen LogP contribution in [0.25, 0.3) is 0 Å². The summed E-state index contributed by atoms with van der Waals surface area (Å²) < 4.78 is 6.89. The molecule has 0 aliphatic heterocycles. The lowest BCUT2D eigenvalue weighted by Crippen LogP contribution is -2.27. The number of halogens is 1. The molecule has 0 aliphatic rings. The Bertz CT molecular complexity index is 476. The molecule has 0 saturated heterocycles. The van der Waals surface area contributed by atoms with Crippen LogP contribution in [0, 0.1) is 5.92 Å². The summed E-state index contributed by atoms with van der Waals surface area (Å²) in [6, 6.07) is 0.303. The first-order chi connectivity index (χ1) is 9.49. The first-order valence-electron chi connectivity index (χ1n) is 7.00. The van der Waals surface area contributed by atoms with Crippen molar-refractivity contribution in [3.8, 4) is 0 Å². The third-order valence-corrected chi connectivity index (χ3v) is 4.11. The standard InChI is InChI=1S/C14H24BrN3O2/c1-5-10(2)8-11(3)17-12-9-16-18(6-7-20-4)14(19)13(12)15/h9-11,17H,5-8H2,1-4H3. The molecule has 1 N–H and O–H groups in total. The van der Waals surface area contributed by atoms with E-state index in [4.69, 9.17) is 4.74 Å². The number of methoxy groups -OCH3 is 1. The van der Waals surface area contributed by atoms with Crippen molar-refractivity contribution in [2.24, 2.45) is 5.92 Å². The van der Waals surface area contributed by atoms with Crippen LogP contribution >= 0.6 is 15.9 Å². The summed E-state index contributed by atoms with van der Waals surface area (Å²) >= 11 is 3.36. The molecule has 0 bridgehead atoms. The number of anilines is 1. The monoisotopic (exact) mass is 345 g/mol. The van der Waals surface area contributed by atoms with Crippen LogP contribution in [-0.4, -0.2) is 29.5 Å². The van der Waals surface area contributed by atoms with Crippen LogP contribution in [0.2, 0.25) is 0 Å². The Morgan fingerprint density at radius 3 is 2.80 bits per heavy atom. The summed E-state index contributed by atoms with van der Waals surface area (Å²) in [6.45, 7) is 7.46. The van der Waals surface area contributed by atoms with E-state index in [0.717, 1.165) is 18.5 Å². The molecule has 1 rings (SSSR count). The van der Waals surface area contributed by atoms with Crippen molar-refractivity contribution in [1.29, 1.82) is 0 Å². The fourth-order valence-corrected chi connectivity index (χ4v) is 2.42. The molecule has 0 saturated carbocycles. The molecule has 5 nitrogen and oxygen atoms in total. The number of hydrogen-bond acceptors (Lipinski definition) is 4. The molecule has 0 amide bonds. The highest BCUT2D eigenvalue weighted by molar-refractivity contribution is 9.10. The second-order valence-electron chi connectivity index (χ2n) is 5.19. The molecule has 114 valence electrons. The summed E-state index contributed by atoms with van der Waals surface area (Å²) in [5, 5.41) is 7.51. The Balaban J connectivity index is 2.77. The van der Waals surface area contributed by atoms with E-state index in [9.17, 15) is 4.79 Å². The zero-order chi connectivity index (χ0) is 15.1. The van der Waals surface area contributed by atoms with Gasteiger partial charge in [-0.3, -0.25) is 4.79 Å². The molecule has 0 spiro atoms. The minimum atomic E-state index is -0.136. The first-order valence-corrected chi connectivity index (χ1v) is 7.79. The molecule has 2 unspecified atom stereocenters. The van der Waals surface area contributed by atoms with Crippen LogP contribution in [0.15, 0.2) is 15.5 Å². The number of ether oxygens (including phenoxy) is 1. The van der Waals surface area contributed by atoms with Gasteiger partial charge in [-0.25, -0.2) is 4.68 Å². The van der Waals surface area contributed by atoms with Crippen LogP contribution in [0.3, 0.4) is 0 Å². The molecular formula is C14H24BrN3O2. The van der Waals surface area contributed by atoms with Crippen LogP contribution in [0.4, 0.5) is 5.69 Å². The van der Waals surface area contributed by atoms with Gasteiger partial charge in [-0.15, -0.1) is 0 Å². The van der Waals surface area contributed by atoms with Crippen LogP contribution < -0.4 is 10.9 Å². The maximum Gasteiger partial charge on any atom is 0.283 e. The zero-order valence-corrected chi connectivity index (χ0v) is 14.2. The number of rotatable bonds is 8. The maximum absolute atomic E-state index is 12.1. The van der Waals surface area contributed by atoms with Crippen molar-refractivity contribution < 1.29 is 4.74 Å². The number of nitrogens with one attached hydrogen (secondary N) is 1. The van der Waals surface area contributed by atoms with E-state index in [1.165, 1.54) is 4.68 Å². The molecule has 0 aromatic carbocycles. The van der Waals surface area contributed by atoms with Gasteiger partial charge in [0, 0.05) is 13.2 Å². The summed E-state index contributed by atoms with van der Waals surface area (Å²) in [4.78, 5) is 12.1. The van der Waals surface area contributed by atoms with Gasteiger partial charge >= 0.3 is 0 Å². The highest BCUT2D eigenvalue weighted by Gasteiger charge is 2.12. The number of nitrogens with zero attached hydrogens (tertiary/aromatic N) is 2. The average molecular weight is 346 g/mol. The van der Waals surface area contributed by atoms with E-state index in [1.54, 1.807) is 13.3 Å². The minimum absolute atomic E-state index is 0.136. The smallest absolute Gasteiger partial charge is 0.283 e. The van der Waals surface area contributed by atoms with Gasteiger partial charge in [-0.05, 0) is 35.2 Å². The zero-order valence-electron chi connectivity index (χ0n) is 12.6. The Hall–Kier alpha value is -0.880. The van der Waals surface area contributed by atoms with E-state index in [1.807, 2.05) is 0 Å². The quantitative estimate of drug-likeness (QED) is 0.786. The maximum atomic E-state index is 12.1. The molecule has 1 aromatic heterocycles. The Kier molecular flexibility index (Phi) is 7.23. The lowest BCUT2D eigenvalue weighted by molar-refractivity contribution is 0.181. The summed E-state index contributed by atoms with van der Waals surface area (Å²) in [5.74, 6) is 0.659. The molecule has 1 aromatic rings. The predicted octanol–water partition coefficient (Wildman–Crippen LogP) is 2.89. The Labute approximate surface area is 128 Å². The van der Waals surface area contributed by atoms with E-state index in [0.29, 0.717) is 29.6 Å². The third kappa shape index (κ3) is 4.90. The van der Waals surface area contributed by atoms with Gasteiger partial charge in [0.05, 0.1) is 25.0 Å². The van der Waals surface area contributed by atoms with Gasteiger partial charge in [0.1, 0.15) is 4.47 Å². The predicted molar refractivity (Wildman–Crippen MR) is 85.2 cm³/mol. The fraction of sp³-hybridized carbons (Fsp3) is 0.714. The Morgan fingerprint density at radius 1 is 1.50 bits per heavy atom. The van der Waals surface area contributed by atoms with Crippen LogP contribution in [0.1, 0.15) is 33.6 Å².